The minimum absolute atomic E-state index is 0.594. The third kappa shape index (κ3) is 2.69. The minimum atomic E-state index is 0.594. The van der Waals surface area contributed by atoms with E-state index < -0.39 is 0 Å². The van der Waals surface area contributed by atoms with Crippen molar-refractivity contribution in [1.29, 1.82) is 0 Å². The Balaban J connectivity index is 1.76. The van der Waals surface area contributed by atoms with E-state index in [9.17, 15) is 0 Å². The third-order valence-electron chi connectivity index (χ3n) is 3.37. The van der Waals surface area contributed by atoms with E-state index in [1.54, 1.807) is 0 Å². The molecule has 82 valence electrons. The standard InChI is InChI=1S/C11H22N2O/c1-9-11(5-2-6-12-9)13-10-4-3-7-14-8-10/h9-13H,2-8H2,1H3. The first-order valence-corrected chi connectivity index (χ1v) is 5.93. The molecule has 2 heterocycles. The topological polar surface area (TPSA) is 33.3 Å². The maximum absolute atomic E-state index is 5.48. The van der Waals surface area contributed by atoms with Crippen molar-refractivity contribution in [3.8, 4) is 0 Å². The van der Waals surface area contributed by atoms with Crippen LogP contribution in [0.3, 0.4) is 0 Å². The smallest absolute Gasteiger partial charge is 0.0619 e. The number of nitrogens with one attached hydrogen (secondary N) is 2. The predicted molar refractivity (Wildman–Crippen MR) is 57.5 cm³/mol. The van der Waals surface area contributed by atoms with Gasteiger partial charge in [-0.1, -0.05) is 0 Å². The second kappa shape index (κ2) is 5.10. The molecule has 0 aromatic heterocycles. The highest BCUT2D eigenvalue weighted by atomic mass is 16.5. The summed E-state index contributed by atoms with van der Waals surface area (Å²) in [7, 11) is 0. The molecule has 3 heteroatoms. The Hall–Kier alpha value is -0.120. The third-order valence-corrected chi connectivity index (χ3v) is 3.37. The molecule has 0 amide bonds. The quantitative estimate of drug-likeness (QED) is 0.691. The first-order valence-electron chi connectivity index (χ1n) is 5.93. The molecule has 0 aliphatic carbocycles. The maximum atomic E-state index is 5.48. The van der Waals surface area contributed by atoms with Crippen molar-refractivity contribution < 1.29 is 4.74 Å². The van der Waals surface area contributed by atoms with E-state index in [0.29, 0.717) is 18.1 Å². The second-order valence-corrected chi connectivity index (χ2v) is 4.57. The minimum Gasteiger partial charge on any atom is -0.380 e. The van der Waals surface area contributed by atoms with E-state index in [-0.39, 0.29) is 0 Å². The maximum Gasteiger partial charge on any atom is 0.0619 e. The number of piperidine rings is 1. The van der Waals surface area contributed by atoms with Crippen LogP contribution in [0, 0.1) is 0 Å². The van der Waals surface area contributed by atoms with Gasteiger partial charge in [0.2, 0.25) is 0 Å². The first kappa shape index (κ1) is 10.4. The Labute approximate surface area is 86.6 Å². The van der Waals surface area contributed by atoms with Crippen LogP contribution in [0.25, 0.3) is 0 Å². The Morgan fingerprint density at radius 1 is 1.29 bits per heavy atom. The molecule has 3 nitrogen and oxygen atoms in total. The molecule has 3 unspecified atom stereocenters. The van der Waals surface area contributed by atoms with Gasteiger partial charge in [-0.3, -0.25) is 0 Å². The van der Waals surface area contributed by atoms with E-state index in [1.807, 2.05) is 0 Å². The van der Waals surface area contributed by atoms with Crippen molar-refractivity contribution in [3.63, 3.8) is 0 Å². The molecule has 0 saturated carbocycles. The molecule has 2 N–H and O–H groups in total. The zero-order valence-electron chi connectivity index (χ0n) is 9.09. The van der Waals surface area contributed by atoms with Crippen LogP contribution in [0.15, 0.2) is 0 Å². The van der Waals surface area contributed by atoms with E-state index >= 15 is 0 Å². The van der Waals surface area contributed by atoms with Gasteiger partial charge in [0.05, 0.1) is 6.61 Å². The van der Waals surface area contributed by atoms with Crippen molar-refractivity contribution in [2.75, 3.05) is 19.8 Å². The molecule has 2 fully saturated rings. The van der Waals surface area contributed by atoms with Gasteiger partial charge in [-0.15, -0.1) is 0 Å². The van der Waals surface area contributed by atoms with E-state index in [1.165, 1.54) is 32.2 Å². The van der Waals surface area contributed by atoms with Crippen LogP contribution in [-0.4, -0.2) is 37.9 Å². The van der Waals surface area contributed by atoms with Gasteiger partial charge in [-0.25, -0.2) is 0 Å². The SMILES string of the molecule is CC1NCCCC1NC1CCCOC1. The van der Waals surface area contributed by atoms with Gasteiger partial charge in [-0.2, -0.15) is 0 Å². The number of rotatable bonds is 2. The van der Waals surface area contributed by atoms with E-state index in [4.69, 9.17) is 4.74 Å². The van der Waals surface area contributed by atoms with Crippen LogP contribution in [-0.2, 0) is 4.74 Å². The molecule has 0 aromatic carbocycles. The van der Waals surface area contributed by atoms with Crippen molar-refractivity contribution in [1.82, 2.24) is 10.6 Å². The first-order chi connectivity index (χ1) is 6.86. The van der Waals surface area contributed by atoms with Crippen LogP contribution in [0.5, 0.6) is 0 Å². The molecule has 14 heavy (non-hydrogen) atoms. The highest BCUT2D eigenvalue weighted by Gasteiger charge is 2.24. The Morgan fingerprint density at radius 2 is 2.21 bits per heavy atom. The van der Waals surface area contributed by atoms with Crippen LogP contribution in [0.2, 0.25) is 0 Å². The summed E-state index contributed by atoms with van der Waals surface area (Å²) in [6, 6.07) is 1.86. The van der Waals surface area contributed by atoms with Crippen molar-refractivity contribution >= 4 is 0 Å². The average Bonchev–Trinajstić information content (AvgIpc) is 2.23. The summed E-state index contributed by atoms with van der Waals surface area (Å²) < 4.78 is 5.48. The summed E-state index contributed by atoms with van der Waals surface area (Å²) in [5.74, 6) is 0. The molecule has 0 radical (unpaired) electrons. The molecule has 2 rings (SSSR count). The fraction of sp³-hybridized carbons (Fsp3) is 1.00. The van der Waals surface area contributed by atoms with Crippen LogP contribution in [0.1, 0.15) is 32.6 Å². The molecule has 2 aliphatic heterocycles. The molecule has 2 saturated heterocycles. The molecular formula is C11H22N2O. The summed E-state index contributed by atoms with van der Waals surface area (Å²) >= 11 is 0. The average molecular weight is 198 g/mol. The lowest BCUT2D eigenvalue weighted by Crippen LogP contribution is -2.54. The van der Waals surface area contributed by atoms with Gasteiger partial charge in [0.1, 0.15) is 0 Å². The van der Waals surface area contributed by atoms with Gasteiger partial charge in [0.15, 0.2) is 0 Å². The van der Waals surface area contributed by atoms with Gasteiger partial charge >= 0.3 is 0 Å². The summed E-state index contributed by atoms with van der Waals surface area (Å²) in [6.07, 6.45) is 5.11. The van der Waals surface area contributed by atoms with Crippen LogP contribution < -0.4 is 10.6 Å². The summed E-state index contributed by atoms with van der Waals surface area (Å²) in [5, 5.41) is 7.24. The van der Waals surface area contributed by atoms with Gasteiger partial charge < -0.3 is 15.4 Å². The highest BCUT2D eigenvalue weighted by Crippen LogP contribution is 2.12. The molecule has 0 bridgehead atoms. The summed E-state index contributed by atoms with van der Waals surface area (Å²) in [4.78, 5) is 0. The lowest BCUT2D eigenvalue weighted by atomic mass is 9.98. The number of hydrogen-bond donors (Lipinski definition) is 2. The largest absolute Gasteiger partial charge is 0.380 e. The van der Waals surface area contributed by atoms with E-state index in [0.717, 1.165) is 13.2 Å². The fourth-order valence-electron chi connectivity index (χ4n) is 2.45. The zero-order chi connectivity index (χ0) is 9.80. The predicted octanol–water partition coefficient (Wildman–Crippen LogP) is 0.895. The van der Waals surface area contributed by atoms with Crippen LogP contribution in [0.4, 0.5) is 0 Å². The molecule has 0 spiro atoms. The lowest BCUT2D eigenvalue weighted by molar-refractivity contribution is 0.0627. The second-order valence-electron chi connectivity index (χ2n) is 4.57. The van der Waals surface area contributed by atoms with Gasteiger partial charge in [-0.05, 0) is 39.2 Å². The Kier molecular flexibility index (Phi) is 3.79. The fourth-order valence-corrected chi connectivity index (χ4v) is 2.45. The molecular weight excluding hydrogens is 176 g/mol. The monoisotopic (exact) mass is 198 g/mol. The van der Waals surface area contributed by atoms with Gasteiger partial charge in [0.25, 0.3) is 0 Å². The van der Waals surface area contributed by atoms with Crippen molar-refractivity contribution in [2.24, 2.45) is 0 Å². The molecule has 0 aromatic rings. The van der Waals surface area contributed by atoms with Crippen molar-refractivity contribution in [2.45, 2.75) is 50.7 Å². The Bertz CT molecular complexity index is 169. The Morgan fingerprint density at radius 3 is 2.93 bits per heavy atom. The van der Waals surface area contributed by atoms with Crippen molar-refractivity contribution in [3.05, 3.63) is 0 Å². The lowest BCUT2D eigenvalue weighted by Gasteiger charge is -2.35. The van der Waals surface area contributed by atoms with Gasteiger partial charge in [0, 0.05) is 24.7 Å². The number of ether oxygens (including phenoxy) is 1. The summed E-state index contributed by atoms with van der Waals surface area (Å²) in [5.41, 5.74) is 0. The summed E-state index contributed by atoms with van der Waals surface area (Å²) in [6.45, 7) is 5.32. The van der Waals surface area contributed by atoms with Crippen LogP contribution >= 0.6 is 0 Å². The molecule has 3 atom stereocenters. The normalized spacial score (nSPS) is 39.6. The zero-order valence-corrected chi connectivity index (χ0v) is 9.09. The highest BCUT2D eigenvalue weighted by molar-refractivity contribution is 4.86. The van der Waals surface area contributed by atoms with E-state index in [2.05, 4.69) is 17.6 Å². The molecule has 2 aliphatic rings. The number of hydrogen-bond acceptors (Lipinski definition) is 3.